The molecule has 0 aliphatic heterocycles. The Morgan fingerprint density at radius 3 is 2.17 bits per heavy atom. The maximum Gasteiger partial charge on any atom is 0.308 e. The van der Waals surface area contributed by atoms with Gasteiger partial charge in [0.15, 0.2) is 0 Å². The minimum atomic E-state index is -0.298. The Bertz CT molecular complexity index is 1080. The number of esters is 1. The van der Waals surface area contributed by atoms with E-state index in [0.29, 0.717) is 5.75 Å². The predicted molar refractivity (Wildman–Crippen MR) is 95.0 cm³/mol. The SMILES string of the molecule is CC(=O)Oc1c2ccccc2c(C)c2c1ccc1ccccc12. The summed E-state index contributed by atoms with van der Waals surface area (Å²) in [5, 5.41) is 6.59. The van der Waals surface area contributed by atoms with Crippen LogP contribution in [0.5, 0.6) is 5.75 Å². The van der Waals surface area contributed by atoms with Crippen molar-refractivity contribution in [2.24, 2.45) is 0 Å². The fourth-order valence-corrected chi connectivity index (χ4v) is 3.41. The second-order valence-corrected chi connectivity index (χ2v) is 5.80. The van der Waals surface area contributed by atoms with E-state index in [4.69, 9.17) is 4.74 Å². The lowest BCUT2D eigenvalue weighted by Gasteiger charge is -2.15. The van der Waals surface area contributed by atoms with Crippen molar-refractivity contribution < 1.29 is 9.53 Å². The van der Waals surface area contributed by atoms with Gasteiger partial charge in [-0.05, 0) is 40.1 Å². The van der Waals surface area contributed by atoms with E-state index >= 15 is 0 Å². The number of fused-ring (bicyclic) bond motifs is 4. The maximum atomic E-state index is 11.6. The van der Waals surface area contributed by atoms with Crippen LogP contribution in [0.2, 0.25) is 0 Å². The number of hydrogen-bond acceptors (Lipinski definition) is 2. The van der Waals surface area contributed by atoms with Gasteiger partial charge < -0.3 is 4.74 Å². The van der Waals surface area contributed by atoms with Crippen LogP contribution in [0.4, 0.5) is 0 Å². The fourth-order valence-electron chi connectivity index (χ4n) is 3.41. The van der Waals surface area contributed by atoms with Crippen LogP contribution in [0.15, 0.2) is 60.7 Å². The molecule has 0 atom stereocenters. The van der Waals surface area contributed by atoms with Gasteiger partial charge in [-0.25, -0.2) is 0 Å². The van der Waals surface area contributed by atoms with Gasteiger partial charge in [0.05, 0.1) is 0 Å². The minimum absolute atomic E-state index is 0.298. The third-order valence-electron chi connectivity index (χ3n) is 4.37. The first-order valence-electron chi connectivity index (χ1n) is 7.68. The van der Waals surface area contributed by atoms with E-state index in [-0.39, 0.29) is 5.97 Å². The Kier molecular flexibility index (Phi) is 3.05. The molecule has 0 fully saturated rings. The standard InChI is InChI=1S/C21H16O2/c1-13-16-8-5-6-10-18(16)21(23-14(2)22)19-12-11-15-7-3-4-9-17(15)20(13)19/h3-12H,1-2H3. The average Bonchev–Trinajstić information content (AvgIpc) is 2.57. The topological polar surface area (TPSA) is 26.3 Å². The van der Waals surface area contributed by atoms with Crippen LogP contribution in [0, 0.1) is 6.92 Å². The Labute approximate surface area is 134 Å². The van der Waals surface area contributed by atoms with E-state index in [1.807, 2.05) is 30.3 Å². The van der Waals surface area contributed by atoms with Crippen LogP contribution in [-0.4, -0.2) is 5.97 Å². The summed E-state index contributed by atoms with van der Waals surface area (Å²) in [5.74, 6) is 0.355. The first-order valence-corrected chi connectivity index (χ1v) is 7.68. The van der Waals surface area contributed by atoms with Crippen molar-refractivity contribution in [3.63, 3.8) is 0 Å². The van der Waals surface area contributed by atoms with Crippen molar-refractivity contribution in [2.45, 2.75) is 13.8 Å². The maximum absolute atomic E-state index is 11.6. The molecule has 0 aromatic heterocycles. The minimum Gasteiger partial charge on any atom is -0.425 e. The molecule has 2 heteroatoms. The summed E-state index contributed by atoms with van der Waals surface area (Å²) < 4.78 is 5.61. The summed E-state index contributed by atoms with van der Waals surface area (Å²) in [5.41, 5.74) is 1.21. The Morgan fingerprint density at radius 1 is 0.783 bits per heavy atom. The molecular weight excluding hydrogens is 284 g/mol. The smallest absolute Gasteiger partial charge is 0.308 e. The summed E-state index contributed by atoms with van der Waals surface area (Å²) in [6.45, 7) is 3.58. The molecule has 0 saturated heterocycles. The Balaban J connectivity index is 2.29. The molecule has 0 aliphatic carbocycles. The predicted octanol–water partition coefficient (Wildman–Crippen LogP) is 5.38. The molecule has 4 aromatic carbocycles. The van der Waals surface area contributed by atoms with Gasteiger partial charge in [-0.2, -0.15) is 0 Å². The van der Waals surface area contributed by atoms with Gasteiger partial charge in [0.1, 0.15) is 5.75 Å². The van der Waals surface area contributed by atoms with Crippen molar-refractivity contribution >= 4 is 38.3 Å². The summed E-state index contributed by atoms with van der Waals surface area (Å²) >= 11 is 0. The largest absolute Gasteiger partial charge is 0.425 e. The highest BCUT2D eigenvalue weighted by molar-refractivity contribution is 6.18. The van der Waals surface area contributed by atoms with E-state index in [2.05, 4.69) is 37.3 Å². The van der Waals surface area contributed by atoms with Crippen molar-refractivity contribution in [1.29, 1.82) is 0 Å². The zero-order valence-corrected chi connectivity index (χ0v) is 13.1. The summed E-state index contributed by atoms with van der Waals surface area (Å²) in [6.07, 6.45) is 0. The normalized spacial score (nSPS) is 11.2. The zero-order valence-electron chi connectivity index (χ0n) is 13.1. The van der Waals surface area contributed by atoms with E-state index in [1.54, 1.807) is 0 Å². The van der Waals surface area contributed by atoms with Crippen LogP contribution < -0.4 is 4.74 Å². The highest BCUT2D eigenvalue weighted by Gasteiger charge is 2.15. The molecule has 4 aromatic rings. The van der Waals surface area contributed by atoms with Gasteiger partial charge in [-0.3, -0.25) is 4.79 Å². The van der Waals surface area contributed by atoms with Crippen LogP contribution in [0.1, 0.15) is 12.5 Å². The number of benzene rings is 4. The lowest BCUT2D eigenvalue weighted by molar-refractivity contribution is -0.131. The van der Waals surface area contributed by atoms with Crippen molar-refractivity contribution in [3.05, 3.63) is 66.2 Å². The molecule has 0 saturated carbocycles. The highest BCUT2D eigenvalue weighted by atomic mass is 16.5. The van der Waals surface area contributed by atoms with E-state index in [9.17, 15) is 4.79 Å². The molecule has 112 valence electrons. The first kappa shape index (κ1) is 13.8. The molecule has 0 bridgehead atoms. The molecule has 0 aliphatic rings. The van der Waals surface area contributed by atoms with Gasteiger partial charge in [0.2, 0.25) is 0 Å². The molecule has 0 N–H and O–H groups in total. The van der Waals surface area contributed by atoms with Crippen LogP contribution in [0.3, 0.4) is 0 Å². The molecule has 23 heavy (non-hydrogen) atoms. The molecule has 0 radical (unpaired) electrons. The second-order valence-electron chi connectivity index (χ2n) is 5.80. The van der Waals surface area contributed by atoms with Gasteiger partial charge in [0.25, 0.3) is 0 Å². The van der Waals surface area contributed by atoms with Crippen molar-refractivity contribution in [3.8, 4) is 5.75 Å². The second kappa shape index (κ2) is 5.10. The lowest BCUT2D eigenvalue weighted by atomic mass is 9.92. The van der Waals surface area contributed by atoms with Crippen LogP contribution in [0.25, 0.3) is 32.3 Å². The Morgan fingerprint density at radius 2 is 1.43 bits per heavy atom. The summed E-state index contributed by atoms with van der Waals surface area (Å²) in [6, 6.07) is 20.5. The molecule has 2 nitrogen and oxygen atoms in total. The summed E-state index contributed by atoms with van der Waals surface area (Å²) in [4.78, 5) is 11.6. The van der Waals surface area contributed by atoms with Gasteiger partial charge >= 0.3 is 5.97 Å². The number of carbonyl (C=O) groups excluding carboxylic acids is 1. The number of ether oxygens (including phenoxy) is 1. The third kappa shape index (κ3) is 2.07. The quantitative estimate of drug-likeness (QED) is 0.204. The highest BCUT2D eigenvalue weighted by Crippen LogP contribution is 2.41. The van der Waals surface area contributed by atoms with Crippen molar-refractivity contribution in [1.82, 2.24) is 0 Å². The Hall–Kier alpha value is -2.87. The first-order chi connectivity index (χ1) is 11.2. The monoisotopic (exact) mass is 300 g/mol. The molecule has 0 unspecified atom stereocenters. The summed E-state index contributed by atoms with van der Waals surface area (Å²) in [7, 11) is 0. The van der Waals surface area contributed by atoms with E-state index in [1.165, 1.54) is 23.3 Å². The molecule has 4 rings (SSSR count). The van der Waals surface area contributed by atoms with Gasteiger partial charge in [0, 0.05) is 17.7 Å². The van der Waals surface area contributed by atoms with Crippen LogP contribution in [-0.2, 0) is 4.79 Å². The number of rotatable bonds is 1. The van der Waals surface area contributed by atoms with Gasteiger partial charge in [-0.1, -0.05) is 54.6 Å². The van der Waals surface area contributed by atoms with E-state index < -0.39 is 0 Å². The zero-order chi connectivity index (χ0) is 16.0. The molecule has 0 spiro atoms. The third-order valence-corrected chi connectivity index (χ3v) is 4.37. The lowest BCUT2D eigenvalue weighted by Crippen LogP contribution is -2.03. The fraction of sp³-hybridized carbons (Fsp3) is 0.0952. The average molecular weight is 300 g/mol. The number of aryl methyl sites for hydroxylation is 1. The molecule has 0 heterocycles. The van der Waals surface area contributed by atoms with Gasteiger partial charge in [-0.15, -0.1) is 0 Å². The van der Waals surface area contributed by atoms with Crippen molar-refractivity contribution in [2.75, 3.05) is 0 Å². The van der Waals surface area contributed by atoms with Crippen LogP contribution >= 0.6 is 0 Å². The van der Waals surface area contributed by atoms with E-state index in [0.717, 1.165) is 21.5 Å². The number of carbonyl (C=O) groups is 1. The molecular formula is C21H16O2. The number of hydrogen-bond donors (Lipinski definition) is 0. The molecule has 0 amide bonds.